The monoisotopic (exact) mass is 176 g/mol. The number of pyridine rings is 1. The molecular weight excluding hydrogens is 171 g/mol. The molecule has 1 amide bonds. The second-order valence-corrected chi connectivity index (χ2v) is 1.71. The van der Waals surface area contributed by atoms with Crippen LogP contribution in [0.15, 0.2) is 18.3 Å². The molecule has 1 aromatic heterocycles. The number of amides is 1. The van der Waals surface area contributed by atoms with Crippen molar-refractivity contribution in [2.75, 3.05) is 0 Å². The molecule has 1 heterocycles. The van der Waals surface area contributed by atoms with Crippen LogP contribution >= 0.6 is 0 Å². The number of nitrogens with two attached hydrogens (primary N) is 1. The van der Waals surface area contributed by atoms with Gasteiger partial charge >= 0.3 is 51.4 Å². The Hall–Kier alpha value is 0.0564. The van der Waals surface area contributed by atoms with Crippen LogP contribution in [0.3, 0.4) is 0 Å². The average Bonchev–Trinajstić information content (AvgIpc) is 1.88. The summed E-state index contributed by atoms with van der Waals surface area (Å²) in [7, 11) is 0. The molecule has 0 fully saturated rings. The Morgan fingerprint density at radius 2 is 2.27 bits per heavy atom. The molecule has 52 valence electrons. The molecule has 0 bridgehead atoms. The van der Waals surface area contributed by atoms with Crippen molar-refractivity contribution >= 4 is 5.91 Å². The van der Waals surface area contributed by atoms with Gasteiger partial charge in [-0.25, -0.2) is 0 Å². The molecule has 0 radical (unpaired) electrons. The molecule has 11 heavy (non-hydrogen) atoms. The quantitative estimate of drug-likeness (QED) is 0.447. The van der Waals surface area contributed by atoms with Crippen molar-refractivity contribution in [3.63, 3.8) is 0 Å². The topological polar surface area (TPSA) is 79.0 Å². The second-order valence-electron chi connectivity index (χ2n) is 1.71. The maximum Gasteiger partial charge on any atom is 1.00 e. The van der Waals surface area contributed by atoms with E-state index in [-0.39, 0.29) is 57.1 Å². The van der Waals surface area contributed by atoms with E-state index in [1.165, 1.54) is 18.3 Å². The Kier molecular flexibility index (Phi) is 4.86. The summed E-state index contributed by atoms with van der Waals surface area (Å²) in [4.78, 5) is 13.9. The first-order valence-electron chi connectivity index (χ1n) is 2.63. The molecule has 0 saturated carbocycles. The smallest absolute Gasteiger partial charge is 0.871 e. The summed E-state index contributed by atoms with van der Waals surface area (Å²) < 4.78 is 0. The van der Waals surface area contributed by atoms with Crippen molar-refractivity contribution in [2.24, 2.45) is 5.73 Å². The number of aromatic nitrogens is 1. The third-order valence-electron chi connectivity index (χ3n) is 1.00. The molecule has 0 saturated heterocycles. The predicted molar refractivity (Wildman–Crippen MR) is 32.2 cm³/mol. The minimum atomic E-state index is -0.786. The fourth-order valence-corrected chi connectivity index (χ4v) is 0.576. The first kappa shape index (κ1) is 11.1. The van der Waals surface area contributed by atoms with Crippen molar-refractivity contribution < 1.29 is 61.3 Å². The van der Waals surface area contributed by atoms with E-state index in [0.717, 1.165) is 0 Å². The van der Waals surface area contributed by atoms with Crippen LogP contribution < -0.4 is 62.2 Å². The molecule has 4 nitrogen and oxygen atoms in total. The van der Waals surface area contributed by atoms with E-state index >= 15 is 0 Å². The van der Waals surface area contributed by atoms with E-state index < -0.39 is 11.7 Å². The van der Waals surface area contributed by atoms with Crippen molar-refractivity contribution in [2.45, 2.75) is 0 Å². The standard InChI is InChI=1S/C6H6N2O2.K/c7-6(10)5-4(9)2-1-3-8-5;/h1-3,9H,(H2,7,10);/q;+1/p-1. The van der Waals surface area contributed by atoms with Crippen LogP contribution in [0, 0.1) is 0 Å². The number of carbonyl (C=O) groups is 1. The molecular formula is C6H5KN2O2. The largest absolute Gasteiger partial charge is 1.00 e. The van der Waals surface area contributed by atoms with Gasteiger partial charge in [-0.1, -0.05) is 11.8 Å². The number of nitrogens with zero attached hydrogens (tertiary/aromatic N) is 1. The van der Waals surface area contributed by atoms with E-state index in [1.54, 1.807) is 0 Å². The van der Waals surface area contributed by atoms with Crippen LogP contribution in [-0.4, -0.2) is 10.9 Å². The minimum Gasteiger partial charge on any atom is -0.871 e. The zero-order chi connectivity index (χ0) is 7.56. The number of rotatable bonds is 1. The van der Waals surface area contributed by atoms with Gasteiger partial charge in [0.05, 0.1) is 0 Å². The fraction of sp³-hybridized carbons (Fsp3) is 0. The summed E-state index contributed by atoms with van der Waals surface area (Å²) in [6.07, 6.45) is 1.35. The molecule has 0 atom stereocenters. The molecule has 5 heteroatoms. The van der Waals surface area contributed by atoms with E-state index in [4.69, 9.17) is 5.73 Å². The molecule has 0 aliphatic carbocycles. The third-order valence-corrected chi connectivity index (χ3v) is 1.00. The van der Waals surface area contributed by atoms with E-state index in [1.807, 2.05) is 0 Å². The van der Waals surface area contributed by atoms with Crippen LogP contribution in [-0.2, 0) is 0 Å². The Labute approximate surface area is 106 Å². The Bertz CT molecular complexity index is 265. The number of hydrogen-bond donors (Lipinski definition) is 1. The van der Waals surface area contributed by atoms with Crippen molar-refractivity contribution in [1.29, 1.82) is 0 Å². The predicted octanol–water partition coefficient (Wildman–Crippen LogP) is -3.74. The van der Waals surface area contributed by atoms with Gasteiger partial charge in [0.1, 0.15) is 5.69 Å². The maximum absolute atomic E-state index is 10.7. The molecule has 0 aliphatic rings. The maximum atomic E-state index is 10.7. The van der Waals surface area contributed by atoms with Crippen molar-refractivity contribution in [1.82, 2.24) is 4.98 Å². The molecule has 0 unspecified atom stereocenters. The normalized spacial score (nSPS) is 8.36. The zero-order valence-electron chi connectivity index (χ0n) is 6.07. The molecule has 2 N–H and O–H groups in total. The first-order chi connectivity index (χ1) is 4.72. The van der Waals surface area contributed by atoms with Gasteiger partial charge in [-0.2, -0.15) is 0 Å². The molecule has 1 aromatic rings. The zero-order valence-corrected chi connectivity index (χ0v) is 9.20. The van der Waals surface area contributed by atoms with Crippen LogP contribution in [0.1, 0.15) is 10.5 Å². The Morgan fingerprint density at radius 3 is 2.64 bits per heavy atom. The van der Waals surface area contributed by atoms with Gasteiger partial charge in [-0.05, 0) is 6.07 Å². The fourth-order valence-electron chi connectivity index (χ4n) is 0.576. The minimum absolute atomic E-state index is 0. The number of primary amides is 1. The van der Waals surface area contributed by atoms with Crippen LogP contribution in [0.5, 0.6) is 5.75 Å². The molecule has 1 rings (SSSR count). The average molecular weight is 176 g/mol. The van der Waals surface area contributed by atoms with Crippen molar-refractivity contribution in [3.05, 3.63) is 24.0 Å². The Balaban J connectivity index is 0.000001000. The molecule has 0 spiro atoms. The number of carbonyl (C=O) groups excluding carboxylic acids is 1. The van der Waals surface area contributed by atoms with Gasteiger partial charge < -0.3 is 10.8 Å². The van der Waals surface area contributed by atoms with Gasteiger partial charge in [0.2, 0.25) is 0 Å². The third kappa shape index (κ3) is 2.88. The van der Waals surface area contributed by atoms with Crippen LogP contribution in [0.4, 0.5) is 0 Å². The van der Waals surface area contributed by atoms with Gasteiger partial charge in [-0.3, -0.25) is 9.78 Å². The van der Waals surface area contributed by atoms with Gasteiger partial charge in [0.25, 0.3) is 5.91 Å². The van der Waals surface area contributed by atoms with Gasteiger partial charge in [0, 0.05) is 6.20 Å². The molecule has 0 aromatic carbocycles. The van der Waals surface area contributed by atoms with E-state index in [2.05, 4.69) is 4.98 Å². The van der Waals surface area contributed by atoms with Gasteiger partial charge in [-0.15, -0.1) is 0 Å². The summed E-state index contributed by atoms with van der Waals surface area (Å²) in [5, 5.41) is 10.7. The summed E-state index contributed by atoms with van der Waals surface area (Å²) in [5.41, 5.74) is 4.61. The van der Waals surface area contributed by atoms with E-state index in [9.17, 15) is 9.90 Å². The molecule has 0 aliphatic heterocycles. The second kappa shape index (κ2) is 4.84. The van der Waals surface area contributed by atoms with Gasteiger partial charge in [0.15, 0.2) is 0 Å². The number of hydrogen-bond acceptors (Lipinski definition) is 3. The summed E-state index contributed by atoms with van der Waals surface area (Å²) in [6, 6.07) is 2.70. The van der Waals surface area contributed by atoms with Crippen molar-refractivity contribution in [3.8, 4) is 5.75 Å². The van der Waals surface area contributed by atoms with Crippen LogP contribution in [0.25, 0.3) is 0 Å². The Morgan fingerprint density at radius 1 is 1.64 bits per heavy atom. The first-order valence-corrected chi connectivity index (χ1v) is 2.63. The summed E-state index contributed by atoms with van der Waals surface area (Å²) >= 11 is 0. The van der Waals surface area contributed by atoms with E-state index in [0.29, 0.717) is 0 Å². The van der Waals surface area contributed by atoms with Crippen LogP contribution in [0.2, 0.25) is 0 Å². The summed E-state index contributed by atoms with van der Waals surface area (Å²) in [6.45, 7) is 0. The summed E-state index contributed by atoms with van der Waals surface area (Å²) in [5.74, 6) is -1.22. The SMILES string of the molecule is NC(=O)c1ncccc1[O-].[K+].